The zero-order valence-corrected chi connectivity index (χ0v) is 67.6. The molecular weight excluding hydrogens is 2260 g/mol. The van der Waals surface area contributed by atoms with E-state index >= 15 is 0 Å². The Morgan fingerprint density at radius 2 is 0.422 bits per heavy atom. The van der Waals surface area contributed by atoms with Gasteiger partial charge in [0.05, 0.1) is 0 Å². The van der Waals surface area contributed by atoms with Crippen molar-refractivity contribution in [2.45, 2.75) is 6.92 Å². The Morgan fingerprint density at radius 1 is 0.241 bits per heavy atom. The van der Waals surface area contributed by atoms with Crippen LogP contribution in [-0.4, -0.2) is 78.2 Å². The molecule has 4 radical (unpaired) electrons. The number of halogens is 15. The molecule has 0 spiro atoms. The summed E-state index contributed by atoms with van der Waals surface area (Å²) in [6.07, 6.45) is 24.8. The number of nitrogens with zero attached hydrogens (tertiary/aromatic N) is 20. The van der Waals surface area contributed by atoms with Gasteiger partial charge in [0.15, 0.2) is 0 Å². The van der Waals surface area contributed by atoms with Crippen molar-refractivity contribution in [1.29, 1.82) is 21.0 Å². The summed E-state index contributed by atoms with van der Waals surface area (Å²) in [7, 11) is 0. The molecule has 20 nitrogen and oxygen atoms in total. The maximum atomic E-state index is 13.3. The molecule has 8 heterocycles. The Kier molecular flexibility index (Phi) is 46.8. The molecule has 0 N–H and O–H groups in total. The third kappa shape index (κ3) is 31.8. The smallest absolute Gasteiger partial charge is 0.0493 e. The first-order chi connectivity index (χ1) is 54.2. The van der Waals surface area contributed by atoms with E-state index in [4.69, 9.17) is 47.3 Å². The fraction of sp³-hybridized carbons (Fsp3) is 0.0130. The van der Waals surface area contributed by atoms with Gasteiger partial charge in [-0.25, -0.2) is 8.78 Å². The van der Waals surface area contributed by atoms with Crippen LogP contribution in [0.25, 0.3) is 45.5 Å². The molecule has 39 heteroatoms. The van der Waals surface area contributed by atoms with E-state index in [1.165, 1.54) is 86.9 Å². The van der Waals surface area contributed by atoms with Crippen LogP contribution in [-0.2, 0) is 80.4 Å². The number of hydrogen-bond acceptors (Lipinski definition) is 12. The van der Waals surface area contributed by atoms with Gasteiger partial charge in [0.1, 0.15) is 0 Å². The summed E-state index contributed by atoms with van der Waals surface area (Å²) in [5.41, 5.74) is 2.17. The molecular formula is C77H43F15Ir4N20-12. The molecule has 8 aromatic heterocycles. The first-order valence-corrected chi connectivity index (χ1v) is 30.3. The van der Waals surface area contributed by atoms with Gasteiger partial charge >= 0.3 is 0 Å². The van der Waals surface area contributed by atoms with Crippen molar-refractivity contribution in [2.24, 2.45) is 0 Å². The molecule has 0 saturated heterocycles. The van der Waals surface area contributed by atoms with Crippen LogP contribution in [0, 0.1) is 190 Å². The molecule has 16 aromatic rings. The summed E-state index contributed by atoms with van der Waals surface area (Å²) < 4.78 is 203. The number of rotatable bonds is 8. The largest absolute Gasteiger partial charge is 0.512 e. The van der Waals surface area contributed by atoms with Crippen LogP contribution in [0.2, 0.25) is 0 Å². The summed E-state index contributed by atoms with van der Waals surface area (Å²) in [6, 6.07) is 49.6. The van der Waals surface area contributed by atoms with Crippen LogP contribution >= 0.6 is 0 Å². The molecule has 0 aliphatic heterocycles. The predicted octanol–water partition coefficient (Wildman–Crippen LogP) is 16.2. The average Bonchev–Trinajstić information content (AvgIpc) is 1.60. The molecule has 0 unspecified atom stereocenters. The summed E-state index contributed by atoms with van der Waals surface area (Å²) >= 11 is 0. The SMILES string of the molecule is Cc1c[c-]c(-n2cccn2)c(F)c1.Fc1[c-]c(-n2cccn2)cc(F)c1.Fc1c[c-]c(-n2cccn2)c(F)c1.Fc1c[c-]c(-n2cccn2)c(F)c1.Fc1c[c-]c(-n2cccn2)c(F)c1.Fc1c[c-]c(-n2cccn2)c(F)c1.Fc1c[c-]c(-n2cccn2)c(F)c1.Fc1c[c-]c(-n2cccn2)c(F)c1.[C-]#N.[C-]#N.[C-]#N.[C-]#N.[Ir].[Ir].[Ir].[Ir]. The van der Waals surface area contributed by atoms with Crippen LogP contribution in [0.15, 0.2) is 245 Å². The molecule has 0 aliphatic rings. The molecule has 8 aromatic carbocycles. The second-order valence-corrected chi connectivity index (χ2v) is 20.1. The van der Waals surface area contributed by atoms with Gasteiger partial charge in [0, 0.05) is 267 Å². The molecule has 0 aliphatic carbocycles. The van der Waals surface area contributed by atoms with Gasteiger partial charge in [0.2, 0.25) is 0 Å². The quantitative estimate of drug-likeness (QED) is 0.102. The summed E-state index contributed by atoms with van der Waals surface area (Å²) in [6.45, 7) is 20.8. The minimum absolute atomic E-state index is 0. The van der Waals surface area contributed by atoms with E-state index < -0.39 is 81.4 Å². The third-order valence-corrected chi connectivity index (χ3v) is 12.7. The number of benzene rings is 8. The van der Waals surface area contributed by atoms with E-state index in [0.717, 1.165) is 90.5 Å². The van der Waals surface area contributed by atoms with Crippen molar-refractivity contribution < 1.29 is 146 Å². The molecule has 0 fully saturated rings. The van der Waals surface area contributed by atoms with E-state index in [0.29, 0.717) is 5.69 Å². The van der Waals surface area contributed by atoms with Crippen LogP contribution in [0.1, 0.15) is 5.56 Å². The van der Waals surface area contributed by atoms with Crippen LogP contribution in [0.4, 0.5) is 65.9 Å². The van der Waals surface area contributed by atoms with Crippen LogP contribution in [0.5, 0.6) is 0 Å². The van der Waals surface area contributed by atoms with Crippen molar-refractivity contribution in [3.63, 3.8) is 0 Å². The fourth-order valence-corrected chi connectivity index (χ4v) is 8.24. The summed E-state index contributed by atoms with van der Waals surface area (Å²) in [5, 5.41) is 55.5. The second kappa shape index (κ2) is 53.8. The zero-order chi connectivity index (χ0) is 82.1. The molecule has 604 valence electrons. The van der Waals surface area contributed by atoms with E-state index in [9.17, 15) is 65.9 Å². The minimum Gasteiger partial charge on any atom is -0.512 e. The standard InChI is InChI=1S/C10H8FN2.7C9H5F2N2.4CN.4Ir/c1-8-3-4-10(9(11)7-8)13-6-2-5-12-13;6*10-7-2-3-9(8(11)6-7)13-5-1-4-12-13;10-7-4-8(11)6-9(5-7)13-3-1-2-12-13;4*1-2;;;;/h2-3,5-7H,1H3;6*1-2,4-6H;1-5H;;;;;;;;/q12*-1;;;;. The minimum atomic E-state index is -0.731. The van der Waals surface area contributed by atoms with Crippen molar-refractivity contribution in [2.75, 3.05) is 0 Å². The van der Waals surface area contributed by atoms with Gasteiger partial charge in [0.25, 0.3) is 0 Å². The average molecular weight is 2300 g/mol. The number of hydrogen-bond donors (Lipinski definition) is 0. The second-order valence-electron chi connectivity index (χ2n) is 20.1. The molecule has 16 rings (SSSR count). The van der Waals surface area contributed by atoms with Gasteiger partial charge in [-0.15, -0.1) is 97.1 Å². The van der Waals surface area contributed by atoms with Crippen molar-refractivity contribution in [3.8, 4) is 45.5 Å². The van der Waals surface area contributed by atoms with E-state index in [1.807, 2.05) is 6.92 Å². The zero-order valence-electron chi connectivity index (χ0n) is 58.0. The Hall–Kier alpha value is -13.1. The maximum absolute atomic E-state index is 13.3. The third-order valence-electron chi connectivity index (χ3n) is 12.7. The summed E-state index contributed by atoms with van der Waals surface area (Å²) in [4.78, 5) is 0. The van der Waals surface area contributed by atoms with Gasteiger partial charge in [-0.2, -0.15) is 94.9 Å². The first kappa shape index (κ1) is 101. The van der Waals surface area contributed by atoms with E-state index in [2.05, 4.69) is 89.3 Å². The van der Waals surface area contributed by atoms with Crippen molar-refractivity contribution in [3.05, 3.63) is 412 Å². The van der Waals surface area contributed by atoms with E-state index in [-0.39, 0.29) is 126 Å². The molecule has 0 atom stereocenters. The van der Waals surface area contributed by atoms with Gasteiger partial charge in [-0.1, -0.05) is 6.92 Å². The normalized spacial score (nSPS) is 9.31. The van der Waals surface area contributed by atoms with Gasteiger partial charge in [-0.05, 0) is 94.0 Å². The molecule has 0 amide bonds. The van der Waals surface area contributed by atoms with Crippen molar-refractivity contribution >= 4 is 0 Å². The molecule has 0 bridgehead atoms. The fourth-order valence-electron chi connectivity index (χ4n) is 8.24. The molecule has 0 saturated carbocycles. The van der Waals surface area contributed by atoms with E-state index in [1.54, 1.807) is 110 Å². The first-order valence-electron chi connectivity index (χ1n) is 30.3. The Morgan fingerprint density at radius 3 is 0.586 bits per heavy atom. The topological polar surface area (TPSA) is 238 Å². The number of aromatic nitrogens is 16. The Labute approximate surface area is 705 Å². The Bertz CT molecular complexity index is 4640. The monoisotopic (exact) mass is 2300 g/mol. The van der Waals surface area contributed by atoms with Crippen LogP contribution < -0.4 is 0 Å². The number of aryl methyl sites for hydroxylation is 1. The van der Waals surface area contributed by atoms with Gasteiger partial charge < -0.3 is 47.3 Å². The van der Waals surface area contributed by atoms with Crippen LogP contribution in [0.3, 0.4) is 0 Å². The molecule has 116 heavy (non-hydrogen) atoms. The van der Waals surface area contributed by atoms with Gasteiger partial charge in [-0.3, -0.25) is 94.5 Å². The Balaban J connectivity index is 0.000000651. The summed E-state index contributed by atoms with van der Waals surface area (Å²) in [5.74, 6) is -9.60. The maximum Gasteiger partial charge on any atom is 0.0493 e. The predicted molar refractivity (Wildman–Crippen MR) is 363 cm³/mol. The van der Waals surface area contributed by atoms with Crippen molar-refractivity contribution in [1.82, 2.24) is 78.2 Å².